The van der Waals surface area contributed by atoms with Gasteiger partial charge < -0.3 is 15.1 Å². The van der Waals surface area contributed by atoms with Gasteiger partial charge in [-0.05, 0) is 48.9 Å². The second-order valence-electron chi connectivity index (χ2n) is 7.65. The van der Waals surface area contributed by atoms with Crippen LogP contribution >= 0.6 is 0 Å². The molecule has 28 heavy (non-hydrogen) atoms. The molecule has 0 unspecified atom stereocenters. The van der Waals surface area contributed by atoms with Crippen molar-refractivity contribution in [2.45, 2.75) is 49.5 Å². The molecule has 0 spiro atoms. The first kappa shape index (κ1) is 20.4. The molecule has 2 aliphatic rings. The Labute approximate surface area is 166 Å². The van der Waals surface area contributed by atoms with Crippen molar-refractivity contribution in [2.24, 2.45) is 0 Å². The molecule has 1 aliphatic carbocycles. The minimum atomic E-state index is -3.94. The maximum Gasteiger partial charge on any atom is 0.328 e. The Morgan fingerprint density at radius 3 is 2.36 bits per heavy atom. The molecule has 0 radical (unpaired) electrons. The van der Waals surface area contributed by atoms with E-state index in [0.717, 1.165) is 36.8 Å². The number of carbonyl (C=O) groups excluding carboxylic acids is 2. The van der Waals surface area contributed by atoms with Gasteiger partial charge in [0.1, 0.15) is 0 Å². The number of benzene rings is 1. The molecule has 0 saturated heterocycles. The summed E-state index contributed by atoms with van der Waals surface area (Å²) in [6, 6.07) is 4.23. The van der Waals surface area contributed by atoms with Crippen molar-refractivity contribution in [3.8, 4) is 0 Å². The van der Waals surface area contributed by atoms with Crippen molar-refractivity contribution in [1.82, 2.24) is 19.8 Å². The first-order valence-electron chi connectivity index (χ1n) is 9.67. The number of fused-ring (bicyclic) bond motifs is 1. The summed E-state index contributed by atoms with van der Waals surface area (Å²) in [7, 11) is -0.509. The van der Waals surface area contributed by atoms with Gasteiger partial charge in [-0.2, -0.15) is 0 Å². The van der Waals surface area contributed by atoms with Crippen LogP contribution < -0.4 is 10.0 Å². The number of amides is 4. The van der Waals surface area contributed by atoms with Crippen LogP contribution in [-0.2, 0) is 22.9 Å². The smallest absolute Gasteiger partial charge is 0.328 e. The van der Waals surface area contributed by atoms with Crippen LogP contribution in [0.5, 0.6) is 0 Å². The van der Waals surface area contributed by atoms with Gasteiger partial charge >= 0.3 is 12.1 Å². The highest BCUT2D eigenvalue weighted by atomic mass is 32.2. The average molecular weight is 409 g/mol. The van der Waals surface area contributed by atoms with E-state index in [0.29, 0.717) is 25.9 Å². The average Bonchev–Trinajstić information content (AvgIpc) is 3.04. The highest BCUT2D eigenvalue weighted by molar-refractivity contribution is 7.90. The van der Waals surface area contributed by atoms with Crippen molar-refractivity contribution in [2.75, 3.05) is 27.2 Å². The van der Waals surface area contributed by atoms with Crippen LogP contribution in [0.4, 0.5) is 9.59 Å². The SMILES string of the molecule is CN(C)C(=O)N1CCc2ccc(S(=O)(=O)NC(=O)NC3CCCC3)cc2CC1. The number of nitrogens with zero attached hydrogens (tertiary/aromatic N) is 2. The minimum absolute atomic E-state index is 0.0439. The summed E-state index contributed by atoms with van der Waals surface area (Å²) in [4.78, 5) is 27.6. The van der Waals surface area contributed by atoms with Crippen molar-refractivity contribution >= 4 is 22.1 Å². The Morgan fingerprint density at radius 2 is 1.71 bits per heavy atom. The summed E-state index contributed by atoms with van der Waals surface area (Å²) < 4.78 is 27.3. The number of urea groups is 2. The zero-order valence-corrected chi connectivity index (χ0v) is 17.2. The van der Waals surface area contributed by atoms with E-state index >= 15 is 0 Å². The van der Waals surface area contributed by atoms with E-state index in [1.807, 2.05) is 0 Å². The van der Waals surface area contributed by atoms with Gasteiger partial charge in [-0.3, -0.25) is 0 Å². The van der Waals surface area contributed by atoms with Crippen LogP contribution in [0.2, 0.25) is 0 Å². The molecule has 1 fully saturated rings. The zero-order chi connectivity index (χ0) is 20.3. The third-order valence-electron chi connectivity index (χ3n) is 5.36. The lowest BCUT2D eigenvalue weighted by atomic mass is 10.0. The molecule has 1 heterocycles. The van der Waals surface area contributed by atoms with Gasteiger partial charge in [-0.1, -0.05) is 18.9 Å². The summed E-state index contributed by atoms with van der Waals surface area (Å²) in [5.41, 5.74) is 1.93. The van der Waals surface area contributed by atoms with Crippen LogP contribution in [-0.4, -0.2) is 63.5 Å². The molecule has 1 aliphatic heterocycles. The van der Waals surface area contributed by atoms with E-state index in [9.17, 15) is 18.0 Å². The molecule has 8 nitrogen and oxygen atoms in total. The van der Waals surface area contributed by atoms with Crippen molar-refractivity contribution in [1.29, 1.82) is 0 Å². The molecule has 1 saturated carbocycles. The predicted molar refractivity (Wildman–Crippen MR) is 106 cm³/mol. The molecule has 2 N–H and O–H groups in total. The van der Waals surface area contributed by atoms with Crippen molar-refractivity contribution in [3.63, 3.8) is 0 Å². The van der Waals surface area contributed by atoms with Crippen LogP contribution in [0.1, 0.15) is 36.8 Å². The van der Waals surface area contributed by atoms with Gasteiger partial charge in [0, 0.05) is 33.2 Å². The summed E-state index contributed by atoms with van der Waals surface area (Å²) in [5.74, 6) is 0. The van der Waals surface area contributed by atoms with Gasteiger partial charge in [0.05, 0.1) is 4.90 Å². The second kappa shape index (κ2) is 8.38. The van der Waals surface area contributed by atoms with E-state index in [1.54, 1.807) is 36.0 Å². The maximum absolute atomic E-state index is 12.6. The summed E-state index contributed by atoms with van der Waals surface area (Å²) >= 11 is 0. The van der Waals surface area contributed by atoms with Crippen molar-refractivity contribution in [3.05, 3.63) is 29.3 Å². The van der Waals surface area contributed by atoms with Gasteiger partial charge in [-0.15, -0.1) is 0 Å². The highest BCUT2D eigenvalue weighted by Crippen LogP contribution is 2.21. The molecule has 0 bridgehead atoms. The van der Waals surface area contributed by atoms with Crippen LogP contribution in [0.3, 0.4) is 0 Å². The molecule has 154 valence electrons. The van der Waals surface area contributed by atoms with E-state index in [4.69, 9.17) is 0 Å². The number of hydrogen-bond donors (Lipinski definition) is 2. The lowest BCUT2D eigenvalue weighted by molar-refractivity contribution is 0.173. The monoisotopic (exact) mass is 408 g/mol. The normalized spacial score (nSPS) is 17.6. The minimum Gasteiger partial charge on any atom is -0.335 e. The van der Waals surface area contributed by atoms with Gasteiger partial charge in [-0.25, -0.2) is 22.7 Å². The molecule has 9 heteroatoms. The number of hydrogen-bond acceptors (Lipinski definition) is 4. The molecular formula is C19H28N4O4S. The topological polar surface area (TPSA) is 98.8 Å². The lowest BCUT2D eigenvalue weighted by Crippen LogP contribution is -2.43. The van der Waals surface area contributed by atoms with E-state index in [-0.39, 0.29) is 17.0 Å². The molecular weight excluding hydrogens is 380 g/mol. The maximum atomic E-state index is 12.6. The highest BCUT2D eigenvalue weighted by Gasteiger charge is 2.24. The van der Waals surface area contributed by atoms with Crippen LogP contribution in [0, 0.1) is 0 Å². The fourth-order valence-corrected chi connectivity index (χ4v) is 4.77. The standard InChI is InChI=1S/C19H28N4O4S/c1-22(2)19(25)23-11-9-14-7-8-17(13-15(14)10-12-23)28(26,27)21-18(24)20-16-5-3-4-6-16/h7-8,13,16H,3-6,9-12H2,1-2H3,(H2,20,21,24). The predicted octanol–water partition coefficient (Wildman–Crippen LogP) is 1.70. The first-order valence-corrected chi connectivity index (χ1v) is 11.2. The third kappa shape index (κ3) is 4.76. The summed E-state index contributed by atoms with van der Waals surface area (Å²) in [6.07, 6.45) is 5.12. The number of carbonyl (C=O) groups is 2. The fourth-order valence-electron chi connectivity index (χ4n) is 3.81. The third-order valence-corrected chi connectivity index (χ3v) is 6.69. The van der Waals surface area contributed by atoms with E-state index < -0.39 is 16.1 Å². The zero-order valence-electron chi connectivity index (χ0n) is 16.4. The van der Waals surface area contributed by atoms with Crippen LogP contribution in [0.25, 0.3) is 0 Å². The molecule has 0 atom stereocenters. The Balaban J connectivity index is 1.69. The van der Waals surface area contributed by atoms with Gasteiger partial charge in [0.2, 0.25) is 0 Å². The lowest BCUT2D eigenvalue weighted by Gasteiger charge is -2.24. The summed E-state index contributed by atoms with van der Waals surface area (Å²) in [6.45, 7) is 1.13. The Kier molecular flexibility index (Phi) is 6.12. The number of sulfonamides is 1. The number of rotatable bonds is 3. The first-order chi connectivity index (χ1) is 13.3. The van der Waals surface area contributed by atoms with E-state index in [2.05, 4.69) is 10.0 Å². The molecule has 1 aromatic rings. The van der Waals surface area contributed by atoms with Gasteiger partial charge in [0.25, 0.3) is 10.0 Å². The molecule has 4 amide bonds. The number of nitrogens with one attached hydrogen (secondary N) is 2. The summed E-state index contributed by atoms with van der Waals surface area (Å²) in [5, 5.41) is 2.73. The quantitative estimate of drug-likeness (QED) is 0.795. The Morgan fingerprint density at radius 1 is 1.07 bits per heavy atom. The Bertz CT molecular complexity index is 847. The van der Waals surface area contributed by atoms with Gasteiger partial charge in [0.15, 0.2) is 0 Å². The van der Waals surface area contributed by atoms with Crippen molar-refractivity contribution < 1.29 is 18.0 Å². The molecule has 0 aromatic heterocycles. The van der Waals surface area contributed by atoms with Crippen LogP contribution in [0.15, 0.2) is 23.1 Å². The van der Waals surface area contributed by atoms with E-state index in [1.165, 1.54) is 6.07 Å². The largest absolute Gasteiger partial charge is 0.335 e. The second-order valence-corrected chi connectivity index (χ2v) is 9.34. The molecule has 1 aromatic carbocycles. The Hall–Kier alpha value is -2.29. The fraction of sp³-hybridized carbons (Fsp3) is 0.579. The molecule has 3 rings (SSSR count).